The Kier molecular flexibility index (Phi) is 7.20. The van der Waals surface area contributed by atoms with Crippen LogP contribution in [0.1, 0.15) is 36.7 Å². The van der Waals surface area contributed by atoms with Gasteiger partial charge in [-0.15, -0.1) is 10.2 Å². The first-order chi connectivity index (χ1) is 15.9. The molecule has 0 saturated heterocycles. The molecule has 0 aliphatic heterocycles. The lowest BCUT2D eigenvalue weighted by atomic mass is 9.98. The highest BCUT2D eigenvalue weighted by atomic mass is 35.5. The number of thioether (sulfide) groups is 1. The van der Waals surface area contributed by atoms with Crippen molar-refractivity contribution in [1.82, 2.24) is 14.8 Å². The fourth-order valence-electron chi connectivity index (χ4n) is 3.56. The Labute approximate surface area is 202 Å². The lowest BCUT2D eigenvalue weighted by Crippen LogP contribution is -2.17. The normalized spacial score (nSPS) is 11.2. The van der Waals surface area contributed by atoms with Crippen LogP contribution in [0.4, 0.5) is 5.69 Å². The number of hydrogen-bond donors (Lipinski definition) is 1. The van der Waals surface area contributed by atoms with E-state index in [1.165, 1.54) is 11.8 Å². The van der Waals surface area contributed by atoms with Crippen molar-refractivity contribution in [2.45, 2.75) is 38.4 Å². The molecule has 0 bridgehead atoms. The molecule has 6 nitrogen and oxygen atoms in total. The average molecular weight is 481 g/mol. The molecule has 0 aliphatic rings. The predicted molar refractivity (Wildman–Crippen MR) is 133 cm³/mol. The van der Waals surface area contributed by atoms with E-state index < -0.39 is 0 Å². The molecule has 0 spiro atoms. The molecule has 0 fully saturated rings. The van der Waals surface area contributed by atoms with Gasteiger partial charge in [-0.1, -0.05) is 55.4 Å². The molecule has 0 atom stereocenters. The number of rotatable bonds is 8. The van der Waals surface area contributed by atoms with Gasteiger partial charge in [0.25, 0.3) is 0 Å². The molecule has 0 aliphatic carbocycles. The second-order valence-corrected chi connectivity index (χ2v) is 9.39. The summed E-state index contributed by atoms with van der Waals surface area (Å²) in [5.74, 6) is 1.90. The van der Waals surface area contributed by atoms with Crippen LogP contribution in [0.15, 0.2) is 70.4 Å². The van der Waals surface area contributed by atoms with Crippen LogP contribution < -0.4 is 5.32 Å². The van der Waals surface area contributed by atoms with E-state index in [-0.39, 0.29) is 11.7 Å². The van der Waals surface area contributed by atoms with E-state index in [0.29, 0.717) is 28.5 Å². The maximum atomic E-state index is 12.8. The third-order valence-corrected chi connectivity index (χ3v) is 6.46. The summed E-state index contributed by atoms with van der Waals surface area (Å²) in [5, 5.41) is 13.1. The number of para-hydroxylation sites is 1. The molecule has 2 heterocycles. The van der Waals surface area contributed by atoms with Gasteiger partial charge >= 0.3 is 0 Å². The number of aryl methyl sites for hydroxylation is 1. The lowest BCUT2D eigenvalue weighted by Gasteiger charge is -2.16. The zero-order valence-corrected chi connectivity index (χ0v) is 20.3. The van der Waals surface area contributed by atoms with Crippen LogP contribution in [0.5, 0.6) is 0 Å². The van der Waals surface area contributed by atoms with Gasteiger partial charge < -0.3 is 9.73 Å². The first-order valence-electron chi connectivity index (χ1n) is 10.7. The summed E-state index contributed by atoms with van der Waals surface area (Å²) >= 11 is 7.39. The van der Waals surface area contributed by atoms with Crippen LogP contribution in [0.3, 0.4) is 0 Å². The van der Waals surface area contributed by atoms with Crippen molar-refractivity contribution in [3.63, 3.8) is 0 Å². The second kappa shape index (κ2) is 10.3. The number of halogens is 1. The van der Waals surface area contributed by atoms with E-state index in [1.54, 1.807) is 6.26 Å². The Balaban J connectivity index is 1.54. The van der Waals surface area contributed by atoms with Crippen molar-refractivity contribution in [1.29, 1.82) is 0 Å². The number of nitrogens with zero attached hydrogens (tertiary/aromatic N) is 3. The Morgan fingerprint density at radius 2 is 1.91 bits per heavy atom. The van der Waals surface area contributed by atoms with Crippen molar-refractivity contribution in [2.75, 3.05) is 11.1 Å². The minimum absolute atomic E-state index is 0.0863. The molecule has 4 rings (SSSR count). The number of benzene rings is 2. The van der Waals surface area contributed by atoms with E-state index >= 15 is 0 Å². The van der Waals surface area contributed by atoms with Gasteiger partial charge in [-0.3, -0.25) is 9.36 Å². The smallest absolute Gasteiger partial charge is 0.234 e. The average Bonchev–Trinajstić information content (AvgIpc) is 3.45. The number of carbonyl (C=O) groups is 1. The van der Waals surface area contributed by atoms with Gasteiger partial charge in [-0.25, -0.2) is 0 Å². The van der Waals surface area contributed by atoms with Crippen molar-refractivity contribution in [3.8, 4) is 11.4 Å². The van der Waals surface area contributed by atoms with Gasteiger partial charge in [0.15, 0.2) is 11.0 Å². The number of nitrogens with one attached hydrogen (secondary N) is 1. The number of amides is 1. The molecule has 8 heteroatoms. The first kappa shape index (κ1) is 23.1. The standard InChI is InChI=1S/C25H25ClN4O2S/c1-16(2)21-8-4-6-17(3)23(21)27-22(31)15-33-25-29-28-24(18-9-11-19(26)12-10-18)30(25)14-20-7-5-13-32-20/h4-13,16H,14-15H2,1-3H3,(H,27,31). The maximum absolute atomic E-state index is 12.8. The van der Waals surface area contributed by atoms with Crippen LogP contribution in [-0.2, 0) is 11.3 Å². The van der Waals surface area contributed by atoms with Crippen molar-refractivity contribution in [3.05, 3.63) is 82.8 Å². The Morgan fingerprint density at radius 1 is 1.12 bits per heavy atom. The van der Waals surface area contributed by atoms with Crippen molar-refractivity contribution >= 4 is 35.0 Å². The Hall–Kier alpha value is -3.03. The summed E-state index contributed by atoms with van der Waals surface area (Å²) in [7, 11) is 0. The molecular formula is C25H25ClN4O2S. The van der Waals surface area contributed by atoms with E-state index in [4.69, 9.17) is 16.0 Å². The lowest BCUT2D eigenvalue weighted by molar-refractivity contribution is -0.113. The largest absolute Gasteiger partial charge is 0.467 e. The minimum Gasteiger partial charge on any atom is -0.467 e. The van der Waals surface area contributed by atoms with Crippen LogP contribution in [0.25, 0.3) is 11.4 Å². The molecule has 2 aromatic carbocycles. The van der Waals surface area contributed by atoms with Gasteiger partial charge in [-0.05, 0) is 60.4 Å². The van der Waals surface area contributed by atoms with E-state index in [1.807, 2.05) is 60.0 Å². The maximum Gasteiger partial charge on any atom is 0.234 e. The van der Waals surface area contributed by atoms with Gasteiger partial charge in [0.05, 0.1) is 18.6 Å². The third-order valence-electron chi connectivity index (χ3n) is 5.24. The van der Waals surface area contributed by atoms with Gasteiger partial charge in [-0.2, -0.15) is 0 Å². The topological polar surface area (TPSA) is 73.0 Å². The fraction of sp³-hybridized carbons (Fsp3) is 0.240. The van der Waals surface area contributed by atoms with Gasteiger partial charge in [0.1, 0.15) is 5.76 Å². The molecule has 1 amide bonds. The molecule has 1 N–H and O–H groups in total. The predicted octanol–water partition coefficient (Wildman–Crippen LogP) is 6.40. The number of carbonyl (C=O) groups excluding carboxylic acids is 1. The van der Waals surface area contributed by atoms with Gasteiger partial charge in [0.2, 0.25) is 5.91 Å². The third kappa shape index (κ3) is 5.49. The highest BCUT2D eigenvalue weighted by molar-refractivity contribution is 7.99. The minimum atomic E-state index is -0.0863. The quantitative estimate of drug-likeness (QED) is 0.295. The summed E-state index contributed by atoms with van der Waals surface area (Å²) < 4.78 is 7.49. The number of hydrogen-bond acceptors (Lipinski definition) is 5. The SMILES string of the molecule is Cc1cccc(C(C)C)c1NC(=O)CSc1nnc(-c2ccc(Cl)cc2)n1Cc1ccco1. The molecule has 170 valence electrons. The Morgan fingerprint density at radius 3 is 2.61 bits per heavy atom. The fourth-order valence-corrected chi connectivity index (χ4v) is 4.42. The van der Waals surface area contributed by atoms with Crippen LogP contribution in [0, 0.1) is 6.92 Å². The van der Waals surface area contributed by atoms with Gasteiger partial charge in [0, 0.05) is 16.3 Å². The molecule has 0 unspecified atom stereocenters. The number of anilines is 1. The molecule has 33 heavy (non-hydrogen) atoms. The van der Waals surface area contributed by atoms with Crippen molar-refractivity contribution < 1.29 is 9.21 Å². The van der Waals surface area contributed by atoms with Crippen LogP contribution in [-0.4, -0.2) is 26.4 Å². The second-order valence-electron chi connectivity index (χ2n) is 8.01. The number of furan rings is 1. The van der Waals surface area contributed by atoms with E-state index in [9.17, 15) is 4.79 Å². The summed E-state index contributed by atoms with van der Waals surface area (Å²) in [6.07, 6.45) is 1.64. The zero-order valence-electron chi connectivity index (χ0n) is 18.7. The highest BCUT2D eigenvalue weighted by Gasteiger charge is 2.18. The summed E-state index contributed by atoms with van der Waals surface area (Å²) in [6, 6.07) is 17.3. The molecule has 4 aromatic rings. The Bertz CT molecular complexity index is 1230. The van der Waals surface area contributed by atoms with Crippen LogP contribution >= 0.6 is 23.4 Å². The molecular weight excluding hydrogens is 456 g/mol. The summed E-state index contributed by atoms with van der Waals surface area (Å²) in [5.41, 5.74) is 3.94. The molecule has 0 saturated carbocycles. The molecule has 0 radical (unpaired) electrons. The van der Waals surface area contributed by atoms with Crippen LogP contribution in [0.2, 0.25) is 5.02 Å². The van der Waals surface area contributed by atoms with Crippen molar-refractivity contribution in [2.24, 2.45) is 0 Å². The monoisotopic (exact) mass is 480 g/mol. The molecule has 2 aromatic heterocycles. The first-order valence-corrected chi connectivity index (χ1v) is 12.0. The summed E-state index contributed by atoms with van der Waals surface area (Å²) in [6.45, 7) is 6.70. The number of aromatic nitrogens is 3. The zero-order chi connectivity index (χ0) is 23.4. The highest BCUT2D eigenvalue weighted by Crippen LogP contribution is 2.29. The summed E-state index contributed by atoms with van der Waals surface area (Å²) in [4.78, 5) is 12.8. The van der Waals surface area contributed by atoms with E-state index in [0.717, 1.165) is 28.1 Å². The van der Waals surface area contributed by atoms with E-state index in [2.05, 4.69) is 35.4 Å².